The van der Waals surface area contributed by atoms with Crippen molar-refractivity contribution < 1.29 is 9.90 Å². The third-order valence-corrected chi connectivity index (χ3v) is 4.64. The quantitative estimate of drug-likeness (QED) is 0.896. The number of carboxylic acid groups (broad SMARTS) is 1. The topological polar surface area (TPSA) is 40.5 Å². The van der Waals surface area contributed by atoms with Crippen LogP contribution in [0.25, 0.3) is 0 Å². The minimum Gasteiger partial charge on any atom is -0.477 e. The van der Waals surface area contributed by atoms with Crippen LogP contribution in [-0.2, 0) is 0 Å². The first-order valence-electron chi connectivity index (χ1n) is 6.12. The van der Waals surface area contributed by atoms with E-state index in [2.05, 4.69) is 18.9 Å². The third-order valence-electron chi connectivity index (χ3n) is 3.74. The van der Waals surface area contributed by atoms with Crippen molar-refractivity contribution in [1.82, 2.24) is 0 Å². The van der Waals surface area contributed by atoms with Crippen molar-refractivity contribution in [2.24, 2.45) is 5.92 Å². The Morgan fingerprint density at radius 1 is 1.41 bits per heavy atom. The Labute approximate surface area is 106 Å². The molecule has 2 rings (SSSR count). The van der Waals surface area contributed by atoms with Gasteiger partial charge in [-0.15, -0.1) is 11.3 Å². The number of hydrogen-bond acceptors (Lipinski definition) is 3. The summed E-state index contributed by atoms with van der Waals surface area (Å²) in [4.78, 5) is 13.5. The van der Waals surface area contributed by atoms with Gasteiger partial charge in [0.05, 0.1) is 0 Å². The minimum atomic E-state index is -0.827. The maximum absolute atomic E-state index is 10.8. The Bertz CT molecular complexity index is 394. The van der Waals surface area contributed by atoms with E-state index in [9.17, 15) is 4.79 Å². The first-order valence-corrected chi connectivity index (χ1v) is 7.00. The van der Waals surface area contributed by atoms with E-state index in [1.807, 2.05) is 5.38 Å². The predicted octanol–water partition coefficient (Wildman–Crippen LogP) is 3.46. The summed E-state index contributed by atoms with van der Waals surface area (Å²) in [6, 6.07) is 2.35. The molecule has 1 heterocycles. The highest BCUT2D eigenvalue weighted by atomic mass is 32.1. The highest BCUT2D eigenvalue weighted by Crippen LogP contribution is 2.31. The molecule has 94 valence electrons. The van der Waals surface area contributed by atoms with Crippen molar-refractivity contribution in [2.75, 3.05) is 11.9 Å². The van der Waals surface area contributed by atoms with Gasteiger partial charge in [0.25, 0.3) is 0 Å². The van der Waals surface area contributed by atoms with E-state index in [4.69, 9.17) is 5.11 Å². The molecule has 0 bridgehead atoms. The van der Waals surface area contributed by atoms with Crippen LogP contribution < -0.4 is 4.90 Å². The number of rotatable bonds is 3. The molecule has 0 unspecified atom stereocenters. The summed E-state index contributed by atoms with van der Waals surface area (Å²) in [5.74, 6) is 0.0172. The summed E-state index contributed by atoms with van der Waals surface area (Å²) in [5.41, 5.74) is 1.05. The number of hydrogen-bond donors (Lipinski definition) is 1. The van der Waals surface area contributed by atoms with Crippen molar-refractivity contribution in [3.05, 3.63) is 16.3 Å². The van der Waals surface area contributed by atoms with E-state index in [1.54, 1.807) is 6.07 Å². The Hall–Kier alpha value is -1.03. The minimum absolute atomic E-state index is 0.427. The molecule has 1 N–H and O–H groups in total. The smallest absolute Gasteiger partial charge is 0.345 e. The molecule has 1 aromatic heterocycles. The zero-order valence-electron chi connectivity index (χ0n) is 10.3. The number of aromatic carboxylic acids is 1. The molecule has 4 heteroatoms. The molecule has 0 aromatic carbocycles. The number of thiophene rings is 1. The second kappa shape index (κ2) is 5.08. The van der Waals surface area contributed by atoms with Crippen molar-refractivity contribution in [3.8, 4) is 0 Å². The van der Waals surface area contributed by atoms with Crippen LogP contribution in [0.5, 0.6) is 0 Å². The van der Waals surface area contributed by atoms with Crippen LogP contribution in [0.1, 0.15) is 42.3 Å². The summed E-state index contributed by atoms with van der Waals surface area (Å²) in [7, 11) is 2.08. The van der Waals surface area contributed by atoms with Crippen LogP contribution in [0.2, 0.25) is 0 Å². The van der Waals surface area contributed by atoms with Crippen LogP contribution in [0.15, 0.2) is 11.4 Å². The van der Waals surface area contributed by atoms with E-state index >= 15 is 0 Å². The van der Waals surface area contributed by atoms with Crippen LogP contribution in [0.4, 0.5) is 5.69 Å². The zero-order valence-corrected chi connectivity index (χ0v) is 11.2. The van der Waals surface area contributed by atoms with E-state index < -0.39 is 5.97 Å². The molecule has 0 amide bonds. The molecule has 0 aliphatic heterocycles. The van der Waals surface area contributed by atoms with Gasteiger partial charge in [-0.3, -0.25) is 0 Å². The lowest BCUT2D eigenvalue weighted by Crippen LogP contribution is -2.34. The Morgan fingerprint density at radius 3 is 2.59 bits per heavy atom. The van der Waals surface area contributed by atoms with Gasteiger partial charge in [0, 0.05) is 24.2 Å². The lowest BCUT2D eigenvalue weighted by molar-refractivity contribution is 0.0702. The van der Waals surface area contributed by atoms with Crippen LogP contribution in [0.3, 0.4) is 0 Å². The lowest BCUT2D eigenvalue weighted by Gasteiger charge is -2.34. The molecule has 0 saturated heterocycles. The molecule has 1 aliphatic rings. The average Bonchev–Trinajstić information content (AvgIpc) is 2.78. The first kappa shape index (κ1) is 12.4. The summed E-state index contributed by atoms with van der Waals surface area (Å²) in [6.07, 6.45) is 5.00. The van der Waals surface area contributed by atoms with Crippen LogP contribution in [-0.4, -0.2) is 24.2 Å². The second-order valence-electron chi connectivity index (χ2n) is 5.00. The normalized spacial score (nSPS) is 24.6. The molecule has 3 nitrogen and oxygen atoms in total. The Morgan fingerprint density at radius 2 is 2.06 bits per heavy atom. The van der Waals surface area contributed by atoms with Gasteiger partial charge in [-0.05, 0) is 37.7 Å². The van der Waals surface area contributed by atoms with Gasteiger partial charge in [0.2, 0.25) is 0 Å². The molecule has 0 radical (unpaired) electrons. The SMILES string of the molecule is CC1CCC(N(C)c2csc(C(=O)O)c2)CC1. The van der Waals surface area contributed by atoms with E-state index in [-0.39, 0.29) is 0 Å². The summed E-state index contributed by atoms with van der Waals surface area (Å²) in [6.45, 7) is 2.31. The molecule has 1 aliphatic carbocycles. The maximum Gasteiger partial charge on any atom is 0.345 e. The molecule has 1 saturated carbocycles. The van der Waals surface area contributed by atoms with Crippen molar-refractivity contribution in [1.29, 1.82) is 0 Å². The number of carboxylic acids is 1. The zero-order chi connectivity index (χ0) is 12.4. The van der Waals surface area contributed by atoms with Gasteiger partial charge >= 0.3 is 5.97 Å². The van der Waals surface area contributed by atoms with Gasteiger partial charge in [-0.25, -0.2) is 4.79 Å². The lowest BCUT2D eigenvalue weighted by atomic mass is 9.86. The standard InChI is InChI=1S/C13H19NO2S/c1-9-3-5-10(6-4-9)14(2)11-7-12(13(15)16)17-8-11/h7-10H,3-6H2,1-2H3,(H,15,16). The highest BCUT2D eigenvalue weighted by Gasteiger charge is 2.22. The number of anilines is 1. The highest BCUT2D eigenvalue weighted by molar-refractivity contribution is 7.12. The predicted molar refractivity (Wildman–Crippen MR) is 71.1 cm³/mol. The van der Waals surface area contributed by atoms with Crippen molar-refractivity contribution >= 4 is 23.0 Å². The maximum atomic E-state index is 10.8. The monoisotopic (exact) mass is 253 g/mol. The van der Waals surface area contributed by atoms with E-state index in [0.717, 1.165) is 11.6 Å². The van der Waals surface area contributed by atoms with Gasteiger partial charge in [-0.1, -0.05) is 6.92 Å². The van der Waals surface area contributed by atoms with E-state index in [1.165, 1.54) is 37.0 Å². The van der Waals surface area contributed by atoms with Gasteiger partial charge < -0.3 is 10.0 Å². The Kier molecular flexibility index (Phi) is 3.72. The summed E-state index contributed by atoms with van der Waals surface area (Å²) in [5, 5.41) is 10.9. The molecular formula is C13H19NO2S. The number of nitrogens with zero attached hydrogens (tertiary/aromatic N) is 1. The average molecular weight is 253 g/mol. The molecule has 17 heavy (non-hydrogen) atoms. The van der Waals surface area contributed by atoms with E-state index in [0.29, 0.717) is 10.9 Å². The van der Waals surface area contributed by atoms with Crippen LogP contribution in [0, 0.1) is 5.92 Å². The molecule has 1 fully saturated rings. The van der Waals surface area contributed by atoms with Gasteiger partial charge in [-0.2, -0.15) is 0 Å². The summed E-state index contributed by atoms with van der Waals surface area (Å²) >= 11 is 1.31. The van der Waals surface area contributed by atoms with Gasteiger partial charge in [0.1, 0.15) is 4.88 Å². The van der Waals surface area contributed by atoms with Crippen LogP contribution >= 0.6 is 11.3 Å². The fraction of sp³-hybridized carbons (Fsp3) is 0.615. The summed E-state index contributed by atoms with van der Waals surface area (Å²) < 4.78 is 0. The largest absolute Gasteiger partial charge is 0.477 e. The van der Waals surface area contributed by atoms with Crippen molar-refractivity contribution in [3.63, 3.8) is 0 Å². The van der Waals surface area contributed by atoms with Gasteiger partial charge in [0.15, 0.2) is 0 Å². The first-order chi connectivity index (χ1) is 8.08. The van der Waals surface area contributed by atoms with Crippen molar-refractivity contribution in [2.45, 2.75) is 38.6 Å². The Balaban J connectivity index is 2.03. The molecular weight excluding hydrogens is 234 g/mol. The molecule has 0 spiro atoms. The second-order valence-corrected chi connectivity index (χ2v) is 5.91. The molecule has 1 aromatic rings. The molecule has 0 atom stereocenters. The fourth-order valence-corrected chi connectivity index (χ4v) is 3.24. The number of carbonyl (C=O) groups is 1. The fourth-order valence-electron chi connectivity index (χ4n) is 2.46. The third kappa shape index (κ3) is 2.80.